The number of hydrogen-bond acceptors (Lipinski definition) is 3. The quantitative estimate of drug-likeness (QED) is 0.874. The fourth-order valence-corrected chi connectivity index (χ4v) is 3.30. The first-order valence-electron chi connectivity index (χ1n) is 7.88. The maximum atomic E-state index is 13.8. The first-order valence-corrected chi connectivity index (χ1v) is 7.88. The van der Waals surface area contributed by atoms with Gasteiger partial charge in [0.25, 0.3) is 0 Å². The van der Waals surface area contributed by atoms with E-state index in [4.69, 9.17) is 5.73 Å². The lowest BCUT2D eigenvalue weighted by Crippen LogP contribution is -2.40. The van der Waals surface area contributed by atoms with Gasteiger partial charge in [-0.1, -0.05) is 25.1 Å². The number of halogens is 1. The standard InChI is InChI=1S/C17H28FN3/c1-13(17(19)15-8-4-5-9-16(15)18)11-20(2)12-14-7-6-10-21(14)3/h4-5,8-9,13-14,17H,6-7,10-12,19H2,1-3H3. The summed E-state index contributed by atoms with van der Waals surface area (Å²) in [6.07, 6.45) is 2.56. The number of rotatable bonds is 6. The zero-order chi connectivity index (χ0) is 15.4. The smallest absolute Gasteiger partial charge is 0.127 e. The molecule has 0 amide bonds. The molecule has 4 heteroatoms. The molecule has 0 radical (unpaired) electrons. The van der Waals surface area contributed by atoms with Gasteiger partial charge in [-0.25, -0.2) is 4.39 Å². The largest absolute Gasteiger partial charge is 0.324 e. The van der Waals surface area contributed by atoms with E-state index in [-0.39, 0.29) is 17.8 Å². The first-order chi connectivity index (χ1) is 9.99. The Bertz CT molecular complexity index is 451. The van der Waals surface area contributed by atoms with Crippen LogP contribution in [0, 0.1) is 11.7 Å². The van der Waals surface area contributed by atoms with Crippen LogP contribution in [0.4, 0.5) is 4.39 Å². The fraction of sp³-hybridized carbons (Fsp3) is 0.647. The van der Waals surface area contributed by atoms with Crippen molar-refractivity contribution < 1.29 is 4.39 Å². The van der Waals surface area contributed by atoms with E-state index in [0.29, 0.717) is 11.6 Å². The molecule has 1 aromatic carbocycles. The van der Waals surface area contributed by atoms with Crippen molar-refractivity contribution in [2.75, 3.05) is 33.7 Å². The van der Waals surface area contributed by atoms with Crippen molar-refractivity contribution in [1.29, 1.82) is 0 Å². The summed E-state index contributed by atoms with van der Waals surface area (Å²) in [5.74, 6) is 0.0219. The highest BCUT2D eigenvalue weighted by molar-refractivity contribution is 5.21. The highest BCUT2D eigenvalue weighted by Gasteiger charge is 2.24. The molecule has 0 spiro atoms. The second kappa shape index (κ2) is 7.34. The van der Waals surface area contributed by atoms with Crippen LogP contribution in [0.15, 0.2) is 24.3 Å². The predicted molar refractivity (Wildman–Crippen MR) is 85.6 cm³/mol. The Morgan fingerprint density at radius 1 is 1.43 bits per heavy atom. The summed E-state index contributed by atoms with van der Waals surface area (Å²) in [5, 5.41) is 0. The van der Waals surface area contributed by atoms with Gasteiger partial charge in [0.1, 0.15) is 5.82 Å². The zero-order valence-corrected chi connectivity index (χ0v) is 13.4. The number of likely N-dealkylation sites (tertiary alicyclic amines) is 1. The molecule has 3 atom stereocenters. The molecular weight excluding hydrogens is 265 g/mol. The summed E-state index contributed by atoms with van der Waals surface area (Å²) in [6, 6.07) is 7.22. The number of benzene rings is 1. The van der Waals surface area contributed by atoms with Crippen molar-refractivity contribution in [1.82, 2.24) is 9.80 Å². The van der Waals surface area contributed by atoms with Gasteiger partial charge in [-0.2, -0.15) is 0 Å². The van der Waals surface area contributed by atoms with E-state index in [1.54, 1.807) is 12.1 Å². The molecule has 3 unspecified atom stereocenters. The molecule has 1 aromatic rings. The van der Waals surface area contributed by atoms with Crippen molar-refractivity contribution in [3.63, 3.8) is 0 Å². The second-order valence-electron chi connectivity index (χ2n) is 6.52. The van der Waals surface area contributed by atoms with E-state index in [1.807, 2.05) is 6.07 Å². The van der Waals surface area contributed by atoms with E-state index in [9.17, 15) is 4.39 Å². The molecule has 0 saturated carbocycles. The van der Waals surface area contributed by atoms with Gasteiger partial charge < -0.3 is 15.5 Å². The minimum atomic E-state index is -0.255. The average molecular weight is 293 g/mol. The fourth-order valence-electron chi connectivity index (χ4n) is 3.30. The molecule has 21 heavy (non-hydrogen) atoms. The monoisotopic (exact) mass is 293 g/mol. The molecule has 1 aliphatic rings. The van der Waals surface area contributed by atoms with Crippen molar-refractivity contribution in [3.8, 4) is 0 Å². The Hall–Kier alpha value is -0.970. The molecule has 1 saturated heterocycles. The average Bonchev–Trinajstić information content (AvgIpc) is 2.84. The predicted octanol–water partition coefficient (Wildman–Crippen LogP) is 2.49. The van der Waals surface area contributed by atoms with Crippen molar-refractivity contribution in [2.45, 2.75) is 31.8 Å². The summed E-state index contributed by atoms with van der Waals surface area (Å²) >= 11 is 0. The van der Waals surface area contributed by atoms with Gasteiger partial charge >= 0.3 is 0 Å². The lowest BCUT2D eigenvalue weighted by molar-refractivity contribution is 0.194. The third-order valence-electron chi connectivity index (χ3n) is 4.67. The van der Waals surface area contributed by atoms with Gasteiger partial charge in [-0.15, -0.1) is 0 Å². The minimum absolute atomic E-state index is 0.199. The lowest BCUT2D eigenvalue weighted by Gasteiger charge is -2.30. The molecular formula is C17H28FN3. The molecule has 0 bridgehead atoms. The molecule has 2 N–H and O–H groups in total. The van der Waals surface area contributed by atoms with Gasteiger partial charge in [0.15, 0.2) is 0 Å². The Morgan fingerprint density at radius 3 is 2.76 bits per heavy atom. The van der Waals surface area contributed by atoms with E-state index >= 15 is 0 Å². The third kappa shape index (κ3) is 4.25. The molecule has 1 aliphatic heterocycles. The normalized spacial score (nSPS) is 22.7. The van der Waals surface area contributed by atoms with Crippen molar-refractivity contribution >= 4 is 0 Å². The molecule has 2 rings (SSSR count). The van der Waals surface area contributed by atoms with E-state index in [1.165, 1.54) is 25.5 Å². The topological polar surface area (TPSA) is 32.5 Å². The zero-order valence-electron chi connectivity index (χ0n) is 13.4. The third-order valence-corrected chi connectivity index (χ3v) is 4.67. The van der Waals surface area contributed by atoms with E-state index < -0.39 is 0 Å². The van der Waals surface area contributed by atoms with Crippen LogP contribution in [0.3, 0.4) is 0 Å². The molecule has 0 aromatic heterocycles. The molecule has 3 nitrogen and oxygen atoms in total. The van der Waals surface area contributed by atoms with Crippen molar-refractivity contribution in [3.05, 3.63) is 35.6 Å². The minimum Gasteiger partial charge on any atom is -0.324 e. The Kier molecular flexibility index (Phi) is 5.73. The van der Waals surface area contributed by atoms with Gasteiger partial charge in [-0.3, -0.25) is 0 Å². The maximum absolute atomic E-state index is 13.8. The second-order valence-corrected chi connectivity index (χ2v) is 6.52. The van der Waals surface area contributed by atoms with Crippen LogP contribution >= 0.6 is 0 Å². The van der Waals surface area contributed by atoms with Crippen LogP contribution in [0.2, 0.25) is 0 Å². The summed E-state index contributed by atoms with van der Waals surface area (Å²) in [4.78, 5) is 4.76. The van der Waals surface area contributed by atoms with Crippen molar-refractivity contribution in [2.24, 2.45) is 11.7 Å². The van der Waals surface area contributed by atoms with E-state index in [2.05, 4.69) is 30.8 Å². The van der Waals surface area contributed by atoms with Crippen LogP contribution in [-0.2, 0) is 0 Å². The van der Waals surface area contributed by atoms with Gasteiger partial charge in [0.05, 0.1) is 0 Å². The summed E-state index contributed by atoms with van der Waals surface area (Å²) in [5.41, 5.74) is 6.87. The van der Waals surface area contributed by atoms with Crippen LogP contribution in [0.25, 0.3) is 0 Å². The molecule has 1 heterocycles. The number of nitrogens with two attached hydrogens (primary N) is 1. The Morgan fingerprint density at radius 2 is 2.14 bits per heavy atom. The first kappa shape index (κ1) is 16.4. The maximum Gasteiger partial charge on any atom is 0.127 e. The number of nitrogens with zero attached hydrogens (tertiary/aromatic N) is 2. The highest BCUT2D eigenvalue weighted by Crippen LogP contribution is 2.23. The number of likely N-dealkylation sites (N-methyl/N-ethyl adjacent to an activating group) is 2. The summed E-state index contributed by atoms with van der Waals surface area (Å²) in [7, 11) is 4.33. The van der Waals surface area contributed by atoms with Gasteiger partial charge in [0, 0.05) is 30.7 Å². The molecule has 0 aliphatic carbocycles. The molecule has 118 valence electrons. The summed E-state index contributed by atoms with van der Waals surface area (Å²) in [6.45, 7) is 5.25. The van der Waals surface area contributed by atoms with Gasteiger partial charge in [0.2, 0.25) is 0 Å². The van der Waals surface area contributed by atoms with Crippen LogP contribution < -0.4 is 5.73 Å². The Labute approximate surface area is 127 Å². The SMILES string of the molecule is CC(CN(C)CC1CCCN1C)C(N)c1ccccc1F. The summed E-state index contributed by atoms with van der Waals surface area (Å²) < 4.78 is 13.8. The van der Waals surface area contributed by atoms with Crippen LogP contribution in [0.1, 0.15) is 31.4 Å². The highest BCUT2D eigenvalue weighted by atomic mass is 19.1. The van der Waals surface area contributed by atoms with E-state index in [0.717, 1.165) is 13.1 Å². The van der Waals surface area contributed by atoms with Gasteiger partial charge in [-0.05, 0) is 45.5 Å². The number of hydrogen-bond donors (Lipinski definition) is 1. The van der Waals surface area contributed by atoms with Crippen LogP contribution in [0.5, 0.6) is 0 Å². The molecule has 1 fully saturated rings. The Balaban J connectivity index is 1.88. The lowest BCUT2D eigenvalue weighted by atomic mass is 9.94. The van der Waals surface area contributed by atoms with Crippen LogP contribution in [-0.4, -0.2) is 49.6 Å².